The molecule has 0 aliphatic carbocycles. The third-order valence-electron chi connectivity index (χ3n) is 3.21. The number of halogens is 2. The van der Waals surface area contributed by atoms with Gasteiger partial charge in [0.15, 0.2) is 0 Å². The highest BCUT2D eigenvalue weighted by molar-refractivity contribution is 6.31. The molecule has 0 bridgehead atoms. The minimum absolute atomic E-state index is 0.0745. The first-order valence-electron chi connectivity index (χ1n) is 6.42. The lowest BCUT2D eigenvalue weighted by atomic mass is 10.1. The first kappa shape index (κ1) is 14.8. The summed E-state index contributed by atoms with van der Waals surface area (Å²) in [6, 6.07) is 12.3. The second kappa shape index (κ2) is 6.73. The summed E-state index contributed by atoms with van der Waals surface area (Å²) in [6.07, 6.45) is 0. The summed E-state index contributed by atoms with van der Waals surface area (Å²) in [5, 5.41) is 3.89. The van der Waals surface area contributed by atoms with E-state index in [0.29, 0.717) is 11.6 Å². The summed E-state index contributed by atoms with van der Waals surface area (Å²) in [7, 11) is 1.65. The fourth-order valence-corrected chi connectivity index (χ4v) is 2.26. The summed E-state index contributed by atoms with van der Waals surface area (Å²) in [5.41, 5.74) is 1.80. The molecule has 20 heavy (non-hydrogen) atoms. The second-order valence-corrected chi connectivity index (χ2v) is 4.99. The molecule has 1 atom stereocenters. The molecule has 0 spiro atoms. The topological polar surface area (TPSA) is 21.3 Å². The second-order valence-electron chi connectivity index (χ2n) is 4.58. The Bertz CT molecular complexity index is 588. The van der Waals surface area contributed by atoms with Crippen molar-refractivity contribution >= 4 is 11.6 Å². The van der Waals surface area contributed by atoms with E-state index in [0.717, 1.165) is 16.9 Å². The van der Waals surface area contributed by atoms with Gasteiger partial charge in [-0.25, -0.2) is 4.39 Å². The zero-order chi connectivity index (χ0) is 14.5. The number of nitrogens with one attached hydrogen (secondary N) is 1. The SMILES string of the molecule is COc1ccccc1[C@H](C)NCc1cc(F)ccc1Cl. The minimum Gasteiger partial charge on any atom is -0.496 e. The van der Waals surface area contributed by atoms with E-state index in [9.17, 15) is 4.39 Å². The van der Waals surface area contributed by atoms with E-state index in [1.54, 1.807) is 13.2 Å². The largest absolute Gasteiger partial charge is 0.496 e. The molecule has 0 amide bonds. The van der Waals surface area contributed by atoms with E-state index < -0.39 is 0 Å². The maximum Gasteiger partial charge on any atom is 0.123 e. The number of para-hydroxylation sites is 1. The van der Waals surface area contributed by atoms with Crippen molar-refractivity contribution < 1.29 is 9.13 Å². The van der Waals surface area contributed by atoms with Crippen molar-refractivity contribution in [3.05, 3.63) is 64.4 Å². The van der Waals surface area contributed by atoms with Crippen LogP contribution in [0.4, 0.5) is 4.39 Å². The molecule has 0 unspecified atom stereocenters. The van der Waals surface area contributed by atoms with Crippen LogP contribution >= 0.6 is 11.6 Å². The van der Waals surface area contributed by atoms with Crippen LogP contribution in [0.2, 0.25) is 5.02 Å². The predicted octanol–water partition coefficient (Wildman–Crippen LogP) is 4.34. The first-order valence-corrected chi connectivity index (χ1v) is 6.80. The molecule has 2 rings (SSSR count). The van der Waals surface area contributed by atoms with Gasteiger partial charge in [0, 0.05) is 23.2 Å². The van der Waals surface area contributed by atoms with Gasteiger partial charge in [0.25, 0.3) is 0 Å². The molecule has 2 aromatic rings. The van der Waals surface area contributed by atoms with E-state index in [-0.39, 0.29) is 11.9 Å². The molecule has 0 heterocycles. The number of rotatable bonds is 5. The van der Waals surface area contributed by atoms with E-state index in [2.05, 4.69) is 5.32 Å². The molecule has 4 heteroatoms. The van der Waals surface area contributed by atoms with Crippen LogP contribution in [0.3, 0.4) is 0 Å². The van der Waals surface area contributed by atoms with Gasteiger partial charge < -0.3 is 10.1 Å². The summed E-state index contributed by atoms with van der Waals surface area (Å²) in [5.74, 6) is 0.550. The van der Waals surface area contributed by atoms with Crippen molar-refractivity contribution in [3.8, 4) is 5.75 Å². The van der Waals surface area contributed by atoms with Crippen LogP contribution in [-0.4, -0.2) is 7.11 Å². The smallest absolute Gasteiger partial charge is 0.123 e. The van der Waals surface area contributed by atoms with Gasteiger partial charge >= 0.3 is 0 Å². The lowest BCUT2D eigenvalue weighted by Gasteiger charge is -2.17. The van der Waals surface area contributed by atoms with Gasteiger partial charge in [0.05, 0.1) is 7.11 Å². The van der Waals surface area contributed by atoms with Gasteiger partial charge in [-0.3, -0.25) is 0 Å². The van der Waals surface area contributed by atoms with Crippen molar-refractivity contribution in [3.63, 3.8) is 0 Å². The summed E-state index contributed by atoms with van der Waals surface area (Å²) < 4.78 is 18.5. The quantitative estimate of drug-likeness (QED) is 0.885. The Labute approximate surface area is 123 Å². The van der Waals surface area contributed by atoms with Crippen molar-refractivity contribution in [1.82, 2.24) is 5.32 Å². The van der Waals surface area contributed by atoms with Crippen LogP contribution in [-0.2, 0) is 6.54 Å². The predicted molar refractivity (Wildman–Crippen MR) is 79.7 cm³/mol. The van der Waals surface area contributed by atoms with Gasteiger partial charge in [-0.05, 0) is 36.8 Å². The van der Waals surface area contributed by atoms with Gasteiger partial charge in [-0.1, -0.05) is 29.8 Å². The van der Waals surface area contributed by atoms with Crippen molar-refractivity contribution in [2.75, 3.05) is 7.11 Å². The molecule has 0 radical (unpaired) electrons. The Morgan fingerprint density at radius 3 is 2.75 bits per heavy atom. The summed E-state index contributed by atoms with van der Waals surface area (Å²) >= 11 is 6.05. The zero-order valence-electron chi connectivity index (χ0n) is 11.5. The van der Waals surface area contributed by atoms with E-state index in [4.69, 9.17) is 16.3 Å². The molecule has 0 aliphatic heterocycles. The van der Waals surface area contributed by atoms with E-state index in [1.165, 1.54) is 12.1 Å². The minimum atomic E-state index is -0.281. The van der Waals surface area contributed by atoms with Crippen molar-refractivity contribution in [1.29, 1.82) is 0 Å². The molecule has 0 aliphatic rings. The Kier molecular flexibility index (Phi) is 4.99. The van der Waals surface area contributed by atoms with E-state index in [1.807, 2.05) is 31.2 Å². The first-order chi connectivity index (χ1) is 9.61. The lowest BCUT2D eigenvalue weighted by Crippen LogP contribution is -2.19. The lowest BCUT2D eigenvalue weighted by molar-refractivity contribution is 0.401. The number of methoxy groups -OCH3 is 1. The van der Waals surface area contributed by atoms with Crippen LogP contribution in [0.5, 0.6) is 5.75 Å². The van der Waals surface area contributed by atoms with Gasteiger partial charge in [-0.15, -0.1) is 0 Å². The Balaban J connectivity index is 2.08. The average Bonchev–Trinajstić information content (AvgIpc) is 2.47. The normalized spacial score (nSPS) is 12.2. The molecule has 0 saturated carbocycles. The van der Waals surface area contributed by atoms with Crippen molar-refractivity contribution in [2.24, 2.45) is 0 Å². The molecule has 2 aromatic carbocycles. The molecule has 0 saturated heterocycles. The number of hydrogen-bond donors (Lipinski definition) is 1. The standard InChI is InChI=1S/C16H17ClFNO/c1-11(14-5-3-4-6-16(14)20-2)19-10-12-9-13(18)7-8-15(12)17/h3-9,11,19H,10H2,1-2H3/t11-/m0/s1. The zero-order valence-corrected chi connectivity index (χ0v) is 12.2. The summed E-state index contributed by atoms with van der Waals surface area (Å²) in [6.45, 7) is 2.53. The fourth-order valence-electron chi connectivity index (χ4n) is 2.08. The van der Waals surface area contributed by atoms with Crippen LogP contribution in [0, 0.1) is 5.82 Å². The van der Waals surface area contributed by atoms with Crippen LogP contribution < -0.4 is 10.1 Å². The Hall–Kier alpha value is -1.58. The molecule has 1 N–H and O–H groups in total. The van der Waals surface area contributed by atoms with Gasteiger partial charge in [-0.2, -0.15) is 0 Å². The molecular weight excluding hydrogens is 277 g/mol. The summed E-state index contributed by atoms with van der Waals surface area (Å²) in [4.78, 5) is 0. The Morgan fingerprint density at radius 2 is 2.00 bits per heavy atom. The molecule has 0 fully saturated rings. The third kappa shape index (κ3) is 3.50. The van der Waals surface area contributed by atoms with E-state index >= 15 is 0 Å². The number of ether oxygens (including phenoxy) is 1. The molecule has 2 nitrogen and oxygen atoms in total. The third-order valence-corrected chi connectivity index (χ3v) is 3.58. The van der Waals surface area contributed by atoms with Gasteiger partial charge in [0.1, 0.15) is 11.6 Å². The Morgan fingerprint density at radius 1 is 1.25 bits per heavy atom. The van der Waals surface area contributed by atoms with Crippen LogP contribution in [0.25, 0.3) is 0 Å². The fraction of sp³-hybridized carbons (Fsp3) is 0.250. The van der Waals surface area contributed by atoms with Crippen molar-refractivity contribution in [2.45, 2.75) is 19.5 Å². The number of benzene rings is 2. The van der Waals surface area contributed by atoms with Crippen LogP contribution in [0.15, 0.2) is 42.5 Å². The number of hydrogen-bond acceptors (Lipinski definition) is 2. The monoisotopic (exact) mass is 293 g/mol. The molecular formula is C16H17ClFNO. The molecule has 106 valence electrons. The average molecular weight is 294 g/mol. The highest BCUT2D eigenvalue weighted by Crippen LogP contribution is 2.25. The highest BCUT2D eigenvalue weighted by atomic mass is 35.5. The molecule has 0 aromatic heterocycles. The highest BCUT2D eigenvalue weighted by Gasteiger charge is 2.11. The maximum atomic E-state index is 13.2. The van der Waals surface area contributed by atoms with Gasteiger partial charge in [0.2, 0.25) is 0 Å². The van der Waals surface area contributed by atoms with Crippen LogP contribution in [0.1, 0.15) is 24.1 Å². The maximum absolute atomic E-state index is 13.2.